The second-order valence-corrected chi connectivity index (χ2v) is 6.79. The molecule has 0 spiro atoms. The van der Waals surface area contributed by atoms with Crippen molar-refractivity contribution in [2.75, 3.05) is 0 Å². The smallest absolute Gasteiger partial charge is 0.435 e. The van der Waals surface area contributed by atoms with Crippen LogP contribution < -0.4 is 9.47 Å². The number of hydrogen-bond donors (Lipinski definition) is 0. The molecule has 3 rings (SSSR count). The molecule has 0 saturated carbocycles. The number of carbonyl (C=O) groups is 1. The van der Waals surface area contributed by atoms with Gasteiger partial charge in [0, 0.05) is 25.4 Å². The Bertz CT molecular complexity index is 1030. The molecule has 3 aromatic rings. The number of carbonyl (C=O) groups excluding carboxylic acids is 1. The molecule has 27 heavy (non-hydrogen) atoms. The van der Waals surface area contributed by atoms with E-state index in [2.05, 4.69) is 5.10 Å². The molecule has 1 aromatic carbocycles. The Morgan fingerprint density at radius 2 is 2.04 bits per heavy atom. The third-order valence-electron chi connectivity index (χ3n) is 3.57. The normalized spacial score (nSPS) is 11.8. The minimum atomic E-state index is -4.59. The van der Waals surface area contributed by atoms with Crippen LogP contribution in [0.5, 0.6) is 11.5 Å². The Hall–Kier alpha value is -2.33. The van der Waals surface area contributed by atoms with Crippen LogP contribution in [0, 0.1) is 5.82 Å². The lowest BCUT2D eigenvalue weighted by Crippen LogP contribution is -2.06. The van der Waals surface area contributed by atoms with Crippen molar-refractivity contribution in [1.82, 2.24) is 9.78 Å². The predicted octanol–water partition coefficient (Wildman–Crippen LogP) is 4.95. The van der Waals surface area contributed by atoms with E-state index in [1.807, 2.05) is 0 Å². The summed E-state index contributed by atoms with van der Waals surface area (Å²) in [5, 5.41) is 5.10. The van der Waals surface area contributed by atoms with Gasteiger partial charge in [-0.2, -0.15) is 18.3 Å². The van der Waals surface area contributed by atoms with Crippen molar-refractivity contribution in [2.45, 2.75) is 19.7 Å². The zero-order chi connectivity index (χ0) is 19.9. The molecule has 0 saturated heterocycles. The van der Waals surface area contributed by atoms with E-state index in [-0.39, 0.29) is 38.9 Å². The lowest BCUT2D eigenvalue weighted by molar-refractivity contribution is -0.141. The molecular formula is C16H11ClF4N2O3S. The molecule has 0 aliphatic heterocycles. The van der Waals surface area contributed by atoms with Crippen molar-refractivity contribution in [1.29, 1.82) is 0 Å². The van der Waals surface area contributed by atoms with Crippen LogP contribution in [0.1, 0.15) is 18.3 Å². The highest BCUT2D eigenvalue weighted by Crippen LogP contribution is 2.42. The summed E-state index contributed by atoms with van der Waals surface area (Å²) in [6, 6.07) is 2.00. The average Bonchev–Trinajstić information content (AvgIpc) is 3.13. The Morgan fingerprint density at radius 3 is 2.63 bits per heavy atom. The highest BCUT2D eigenvalue weighted by atomic mass is 35.5. The third kappa shape index (κ3) is 3.86. The number of ether oxygens (including phenoxy) is 2. The number of aromatic nitrogens is 2. The zero-order valence-electron chi connectivity index (χ0n) is 13.9. The van der Waals surface area contributed by atoms with E-state index >= 15 is 0 Å². The van der Waals surface area contributed by atoms with Crippen LogP contribution >= 0.6 is 22.9 Å². The first kappa shape index (κ1) is 19.4. The van der Waals surface area contributed by atoms with Crippen molar-refractivity contribution >= 4 is 39.0 Å². The van der Waals surface area contributed by atoms with E-state index in [9.17, 15) is 22.4 Å². The summed E-state index contributed by atoms with van der Waals surface area (Å²) in [5.41, 5.74) is -0.966. The van der Waals surface area contributed by atoms with Crippen molar-refractivity contribution in [3.8, 4) is 11.5 Å². The van der Waals surface area contributed by atoms with E-state index in [1.165, 1.54) is 25.4 Å². The molecule has 0 unspecified atom stereocenters. The maximum Gasteiger partial charge on any atom is 0.435 e. The molecule has 144 valence electrons. The van der Waals surface area contributed by atoms with Crippen LogP contribution in [0.25, 0.3) is 10.1 Å². The van der Waals surface area contributed by atoms with Gasteiger partial charge in [-0.15, -0.1) is 11.3 Å². The van der Waals surface area contributed by atoms with Crippen molar-refractivity contribution < 1.29 is 31.8 Å². The number of hydrogen-bond acceptors (Lipinski definition) is 5. The van der Waals surface area contributed by atoms with Crippen LogP contribution in [0.3, 0.4) is 0 Å². The maximum atomic E-state index is 14.7. The van der Waals surface area contributed by atoms with Crippen molar-refractivity contribution in [3.63, 3.8) is 0 Å². The van der Waals surface area contributed by atoms with E-state index in [1.54, 1.807) is 0 Å². The third-order valence-corrected chi connectivity index (χ3v) is 4.82. The maximum absolute atomic E-state index is 14.7. The van der Waals surface area contributed by atoms with E-state index in [0.29, 0.717) is 0 Å². The summed E-state index contributed by atoms with van der Waals surface area (Å²) in [6.07, 6.45) is -4.59. The van der Waals surface area contributed by atoms with Gasteiger partial charge in [0.1, 0.15) is 6.61 Å². The minimum Gasteiger partial charge on any atom is -0.484 e. The largest absolute Gasteiger partial charge is 0.484 e. The molecule has 0 amide bonds. The predicted molar refractivity (Wildman–Crippen MR) is 90.6 cm³/mol. The number of fused-ring (bicyclic) bond motifs is 1. The molecule has 2 aromatic heterocycles. The number of alkyl halides is 3. The van der Waals surface area contributed by atoms with Crippen LogP contribution in [0.2, 0.25) is 5.02 Å². The lowest BCUT2D eigenvalue weighted by Gasteiger charge is -2.09. The second kappa shape index (κ2) is 7.01. The molecule has 0 fully saturated rings. The molecule has 0 aliphatic rings. The fourth-order valence-corrected chi connectivity index (χ4v) is 3.62. The Kier molecular flexibility index (Phi) is 5.04. The summed E-state index contributed by atoms with van der Waals surface area (Å²) in [4.78, 5) is 11.1. The van der Waals surface area contributed by atoms with E-state index in [4.69, 9.17) is 21.1 Å². The Labute approximate surface area is 159 Å². The van der Waals surface area contributed by atoms with Crippen LogP contribution in [-0.4, -0.2) is 15.7 Å². The van der Waals surface area contributed by atoms with Crippen LogP contribution in [0.15, 0.2) is 17.5 Å². The summed E-state index contributed by atoms with van der Waals surface area (Å²) >= 11 is 7.10. The number of aryl methyl sites for hydroxylation is 1. The molecule has 0 N–H and O–H groups in total. The van der Waals surface area contributed by atoms with Gasteiger partial charge in [0.25, 0.3) is 0 Å². The number of benzene rings is 1. The molecule has 0 aliphatic carbocycles. The first-order valence-electron chi connectivity index (χ1n) is 7.38. The highest BCUT2D eigenvalue weighted by molar-refractivity contribution is 7.17. The molecule has 11 heteroatoms. The fourth-order valence-electron chi connectivity index (χ4n) is 2.36. The van der Waals surface area contributed by atoms with E-state index in [0.717, 1.165) is 22.1 Å². The number of esters is 1. The standard InChI is InChI=1S/C16H11ClF4N2O3S/c1-7(24)26-11-6-27-15-13(11)9(17)4-10(14(15)18)25-5-8-3-12(16(19,20)21)22-23(8)2/h3-4,6H,5H2,1-2H3. The van der Waals surface area contributed by atoms with Gasteiger partial charge >= 0.3 is 12.1 Å². The second-order valence-electron chi connectivity index (χ2n) is 5.50. The minimum absolute atomic E-state index is 0.0832. The number of rotatable bonds is 4. The van der Waals surface area contributed by atoms with Crippen LogP contribution in [0.4, 0.5) is 17.6 Å². The van der Waals surface area contributed by atoms with Gasteiger partial charge in [0.2, 0.25) is 0 Å². The monoisotopic (exact) mass is 422 g/mol. The highest BCUT2D eigenvalue weighted by Gasteiger charge is 2.34. The molecular weight excluding hydrogens is 412 g/mol. The van der Waals surface area contributed by atoms with Gasteiger partial charge in [-0.05, 0) is 6.07 Å². The number of thiophene rings is 1. The van der Waals surface area contributed by atoms with Gasteiger partial charge in [-0.1, -0.05) is 11.6 Å². The topological polar surface area (TPSA) is 53.4 Å². The number of nitrogens with zero attached hydrogens (tertiary/aromatic N) is 2. The molecule has 0 atom stereocenters. The Morgan fingerprint density at radius 1 is 1.33 bits per heavy atom. The summed E-state index contributed by atoms with van der Waals surface area (Å²) in [6.45, 7) is 0.856. The first-order chi connectivity index (χ1) is 12.6. The van der Waals surface area contributed by atoms with Crippen molar-refractivity contribution in [2.24, 2.45) is 7.05 Å². The van der Waals surface area contributed by atoms with Crippen molar-refractivity contribution in [3.05, 3.63) is 39.7 Å². The molecule has 5 nitrogen and oxygen atoms in total. The van der Waals surface area contributed by atoms with Gasteiger partial charge < -0.3 is 9.47 Å². The van der Waals surface area contributed by atoms with E-state index < -0.39 is 23.7 Å². The summed E-state index contributed by atoms with van der Waals surface area (Å²) in [5.74, 6) is -1.45. The van der Waals surface area contributed by atoms with Gasteiger partial charge in [-0.25, -0.2) is 4.39 Å². The first-order valence-corrected chi connectivity index (χ1v) is 8.64. The van der Waals surface area contributed by atoms with Gasteiger partial charge in [0.15, 0.2) is 23.0 Å². The lowest BCUT2D eigenvalue weighted by atomic mass is 10.2. The SMILES string of the molecule is CC(=O)Oc1csc2c(F)c(OCc3cc(C(F)(F)F)nn3C)cc(Cl)c12. The fraction of sp³-hybridized carbons (Fsp3) is 0.250. The van der Waals surface area contributed by atoms with Gasteiger partial charge in [0.05, 0.1) is 20.8 Å². The quantitative estimate of drug-likeness (QED) is 0.441. The molecule has 2 heterocycles. The zero-order valence-corrected chi connectivity index (χ0v) is 15.4. The summed E-state index contributed by atoms with van der Waals surface area (Å²) < 4.78 is 64.2. The Balaban J connectivity index is 1.89. The van der Waals surface area contributed by atoms with Gasteiger partial charge in [-0.3, -0.25) is 9.48 Å². The number of halogens is 5. The average molecular weight is 423 g/mol. The summed E-state index contributed by atoms with van der Waals surface area (Å²) in [7, 11) is 1.32. The van der Waals surface area contributed by atoms with Crippen LogP contribution in [-0.2, 0) is 24.6 Å². The molecule has 0 bridgehead atoms. The molecule has 0 radical (unpaired) electrons.